The first-order chi connectivity index (χ1) is 11.6. The number of fused-ring (bicyclic) bond motifs is 1. The largest absolute Gasteiger partial charge is 0.482 e. The third-order valence-corrected chi connectivity index (χ3v) is 3.76. The summed E-state index contributed by atoms with van der Waals surface area (Å²) in [6.45, 7) is 2.58. The van der Waals surface area contributed by atoms with Crippen LogP contribution >= 0.6 is 0 Å². The van der Waals surface area contributed by atoms with E-state index in [4.69, 9.17) is 4.74 Å². The second-order valence-electron chi connectivity index (χ2n) is 5.44. The first-order valence-corrected chi connectivity index (χ1v) is 7.68. The molecule has 1 heterocycles. The molecule has 24 heavy (non-hydrogen) atoms. The highest BCUT2D eigenvalue weighted by molar-refractivity contribution is 6.01. The average Bonchev–Trinajstić information content (AvgIpc) is 2.59. The van der Waals surface area contributed by atoms with Crippen molar-refractivity contribution in [2.45, 2.75) is 13.5 Å². The Morgan fingerprint density at radius 1 is 1.25 bits per heavy atom. The number of carbonyl (C=O) groups is 2. The minimum atomic E-state index is -0.328. The molecule has 1 N–H and O–H groups in total. The Hall–Kier alpha value is -2.89. The molecule has 2 amide bonds. The van der Waals surface area contributed by atoms with Crippen molar-refractivity contribution < 1.29 is 18.7 Å². The predicted molar refractivity (Wildman–Crippen MR) is 87.5 cm³/mol. The third-order valence-electron chi connectivity index (χ3n) is 3.76. The summed E-state index contributed by atoms with van der Waals surface area (Å²) in [5.74, 6) is -0.198. The van der Waals surface area contributed by atoms with Crippen LogP contribution in [0, 0.1) is 5.82 Å². The third kappa shape index (κ3) is 3.22. The van der Waals surface area contributed by atoms with Crippen molar-refractivity contribution in [3.63, 3.8) is 0 Å². The zero-order chi connectivity index (χ0) is 17.1. The molecule has 0 bridgehead atoms. The van der Waals surface area contributed by atoms with Gasteiger partial charge in [0.1, 0.15) is 11.6 Å². The van der Waals surface area contributed by atoms with E-state index < -0.39 is 0 Å². The molecule has 3 rings (SSSR count). The molecular formula is C18H17FN2O3. The fraction of sp³-hybridized carbons (Fsp3) is 0.222. The van der Waals surface area contributed by atoms with Crippen molar-refractivity contribution in [1.82, 2.24) is 5.32 Å². The predicted octanol–water partition coefficient (Wildman–Crippen LogP) is 2.50. The summed E-state index contributed by atoms with van der Waals surface area (Å²) in [6, 6.07) is 11.0. The molecule has 6 heteroatoms. The number of ether oxygens (including phenoxy) is 1. The van der Waals surface area contributed by atoms with E-state index in [2.05, 4.69) is 5.32 Å². The normalized spacial score (nSPS) is 13.2. The number of benzene rings is 2. The molecule has 0 saturated carbocycles. The van der Waals surface area contributed by atoms with E-state index in [1.165, 1.54) is 12.1 Å². The number of rotatable bonds is 4. The molecule has 0 aromatic heterocycles. The van der Waals surface area contributed by atoms with Crippen molar-refractivity contribution >= 4 is 17.5 Å². The molecule has 0 spiro atoms. The van der Waals surface area contributed by atoms with Crippen LogP contribution in [-0.2, 0) is 11.3 Å². The van der Waals surface area contributed by atoms with Gasteiger partial charge in [0, 0.05) is 12.1 Å². The van der Waals surface area contributed by atoms with Crippen molar-refractivity contribution in [2.75, 3.05) is 18.1 Å². The Balaban J connectivity index is 1.93. The fourth-order valence-corrected chi connectivity index (χ4v) is 2.55. The van der Waals surface area contributed by atoms with Gasteiger partial charge in [0.05, 0.1) is 12.2 Å². The Bertz CT molecular complexity index is 774. The SMILES string of the molecule is CCNC(=O)c1ccc2c(c1)N(Cc1ccc(F)cc1)C(=O)CO2. The number of hydrogen-bond donors (Lipinski definition) is 1. The minimum absolute atomic E-state index is 0.0608. The second kappa shape index (κ2) is 6.70. The first kappa shape index (κ1) is 16.0. The number of amides is 2. The number of nitrogens with zero attached hydrogens (tertiary/aromatic N) is 1. The van der Waals surface area contributed by atoms with E-state index in [1.54, 1.807) is 35.2 Å². The van der Waals surface area contributed by atoms with Gasteiger partial charge < -0.3 is 15.0 Å². The molecule has 0 unspecified atom stereocenters. The van der Waals surface area contributed by atoms with E-state index in [-0.39, 0.29) is 30.8 Å². The van der Waals surface area contributed by atoms with Gasteiger partial charge in [0.25, 0.3) is 11.8 Å². The quantitative estimate of drug-likeness (QED) is 0.938. The zero-order valence-electron chi connectivity index (χ0n) is 13.2. The maximum atomic E-state index is 13.1. The number of carbonyl (C=O) groups excluding carboxylic acids is 2. The van der Waals surface area contributed by atoms with Gasteiger partial charge in [-0.05, 0) is 42.8 Å². The van der Waals surface area contributed by atoms with Crippen LogP contribution in [0.25, 0.3) is 0 Å². The van der Waals surface area contributed by atoms with Gasteiger partial charge in [-0.25, -0.2) is 4.39 Å². The van der Waals surface area contributed by atoms with Gasteiger partial charge >= 0.3 is 0 Å². The lowest BCUT2D eigenvalue weighted by molar-refractivity contribution is -0.121. The highest BCUT2D eigenvalue weighted by Gasteiger charge is 2.26. The van der Waals surface area contributed by atoms with Crippen LogP contribution in [0.15, 0.2) is 42.5 Å². The number of anilines is 1. The number of hydrogen-bond acceptors (Lipinski definition) is 3. The highest BCUT2D eigenvalue weighted by atomic mass is 19.1. The molecule has 0 aliphatic carbocycles. The summed E-state index contributed by atoms with van der Waals surface area (Å²) in [5.41, 5.74) is 1.79. The number of halogens is 1. The van der Waals surface area contributed by atoms with Crippen LogP contribution in [0.4, 0.5) is 10.1 Å². The minimum Gasteiger partial charge on any atom is -0.482 e. The molecule has 0 fully saturated rings. The van der Waals surface area contributed by atoms with E-state index in [1.807, 2.05) is 6.92 Å². The van der Waals surface area contributed by atoms with Crippen LogP contribution < -0.4 is 15.0 Å². The van der Waals surface area contributed by atoms with Gasteiger partial charge in [-0.1, -0.05) is 12.1 Å². The summed E-state index contributed by atoms with van der Waals surface area (Å²) >= 11 is 0. The molecule has 2 aromatic rings. The molecule has 0 atom stereocenters. The maximum Gasteiger partial charge on any atom is 0.265 e. The monoisotopic (exact) mass is 328 g/mol. The van der Waals surface area contributed by atoms with E-state index in [0.29, 0.717) is 23.5 Å². The van der Waals surface area contributed by atoms with Gasteiger partial charge in [-0.15, -0.1) is 0 Å². The van der Waals surface area contributed by atoms with Crippen LogP contribution in [-0.4, -0.2) is 25.0 Å². The molecule has 1 aliphatic rings. The van der Waals surface area contributed by atoms with Gasteiger partial charge in [0.15, 0.2) is 6.61 Å². The smallest absolute Gasteiger partial charge is 0.265 e. The van der Waals surface area contributed by atoms with Crippen LogP contribution in [0.1, 0.15) is 22.8 Å². The lowest BCUT2D eigenvalue weighted by Gasteiger charge is -2.29. The lowest BCUT2D eigenvalue weighted by Crippen LogP contribution is -2.38. The summed E-state index contributed by atoms with van der Waals surface area (Å²) < 4.78 is 18.5. The van der Waals surface area contributed by atoms with Crippen molar-refractivity contribution in [2.24, 2.45) is 0 Å². The molecule has 0 saturated heterocycles. The highest BCUT2D eigenvalue weighted by Crippen LogP contribution is 2.34. The topological polar surface area (TPSA) is 58.6 Å². The zero-order valence-corrected chi connectivity index (χ0v) is 13.2. The van der Waals surface area contributed by atoms with Gasteiger partial charge in [-0.2, -0.15) is 0 Å². The summed E-state index contributed by atoms with van der Waals surface area (Å²) in [4.78, 5) is 25.8. The summed E-state index contributed by atoms with van der Waals surface area (Å²) in [6.07, 6.45) is 0. The van der Waals surface area contributed by atoms with Gasteiger partial charge in [-0.3, -0.25) is 9.59 Å². The maximum absolute atomic E-state index is 13.1. The Kier molecular flexibility index (Phi) is 4.46. The number of nitrogens with one attached hydrogen (secondary N) is 1. The summed E-state index contributed by atoms with van der Waals surface area (Å²) in [7, 11) is 0. The molecule has 124 valence electrons. The average molecular weight is 328 g/mol. The van der Waals surface area contributed by atoms with Crippen molar-refractivity contribution in [3.05, 3.63) is 59.4 Å². The Morgan fingerprint density at radius 2 is 2.00 bits per heavy atom. The Labute approximate surface area is 139 Å². The molecule has 0 radical (unpaired) electrons. The van der Waals surface area contributed by atoms with Crippen molar-refractivity contribution in [1.29, 1.82) is 0 Å². The Morgan fingerprint density at radius 3 is 2.71 bits per heavy atom. The van der Waals surface area contributed by atoms with Crippen LogP contribution in [0.2, 0.25) is 0 Å². The molecule has 5 nitrogen and oxygen atoms in total. The van der Waals surface area contributed by atoms with Crippen LogP contribution in [0.3, 0.4) is 0 Å². The lowest BCUT2D eigenvalue weighted by atomic mass is 10.1. The van der Waals surface area contributed by atoms with E-state index in [0.717, 1.165) is 5.56 Å². The van der Waals surface area contributed by atoms with Crippen LogP contribution in [0.5, 0.6) is 5.75 Å². The molecule has 2 aromatic carbocycles. The first-order valence-electron chi connectivity index (χ1n) is 7.68. The van der Waals surface area contributed by atoms with Gasteiger partial charge in [0.2, 0.25) is 0 Å². The van der Waals surface area contributed by atoms with Crippen molar-refractivity contribution in [3.8, 4) is 5.75 Å². The molecular weight excluding hydrogens is 311 g/mol. The fourth-order valence-electron chi connectivity index (χ4n) is 2.55. The second-order valence-corrected chi connectivity index (χ2v) is 5.44. The molecule has 1 aliphatic heterocycles. The van der Waals surface area contributed by atoms with E-state index in [9.17, 15) is 14.0 Å². The summed E-state index contributed by atoms with van der Waals surface area (Å²) in [5, 5.41) is 2.73. The van der Waals surface area contributed by atoms with E-state index >= 15 is 0 Å². The standard InChI is InChI=1S/C18H17FN2O3/c1-2-20-18(23)13-5-8-16-15(9-13)21(17(22)11-24-16)10-12-3-6-14(19)7-4-12/h3-9H,2,10-11H2,1H3,(H,20,23).